The molecule has 0 heterocycles. The van der Waals surface area contributed by atoms with Crippen LogP contribution in [0.3, 0.4) is 0 Å². The van der Waals surface area contributed by atoms with Crippen LogP contribution in [-0.2, 0) is 4.79 Å². The molecule has 4 nitrogen and oxygen atoms in total. The molecule has 0 bridgehead atoms. The van der Waals surface area contributed by atoms with Gasteiger partial charge in [-0.05, 0) is 130 Å². The lowest BCUT2D eigenvalue weighted by atomic mass is 9.43. The summed E-state index contributed by atoms with van der Waals surface area (Å²) in [6.45, 7) is 11.4. The summed E-state index contributed by atoms with van der Waals surface area (Å²) >= 11 is 0. The number of hydrogen-bond donors (Lipinski definition) is 3. The number of unbranched alkanes of at least 4 members (excludes halogenated alkanes) is 1. The molecule has 4 N–H and O–H groups in total. The Morgan fingerprint density at radius 3 is 2.53 bits per heavy atom. The maximum Gasteiger partial charge on any atom is 0.132 e. The van der Waals surface area contributed by atoms with Gasteiger partial charge in [-0.3, -0.25) is 4.79 Å². The van der Waals surface area contributed by atoms with Crippen LogP contribution in [0.2, 0.25) is 0 Å². The number of ketones is 1. The SMILES string of the molecule is CCC(=O)CC[C@@H](C)[C@H]1CCC2C3C(CC[C@@]21C)[C@@]1(C)CC[C@@H](NCCCCN)C[C@@H]1C[C@H]3O. The number of carbonyl (C=O) groups is 1. The van der Waals surface area contributed by atoms with Crippen LogP contribution in [-0.4, -0.2) is 36.1 Å². The van der Waals surface area contributed by atoms with Crippen LogP contribution in [0.5, 0.6) is 0 Å². The second-order valence-electron chi connectivity index (χ2n) is 13.4. The number of nitrogens with two attached hydrogens (primary N) is 1. The van der Waals surface area contributed by atoms with Crippen LogP contribution in [0.25, 0.3) is 0 Å². The molecule has 0 aromatic heterocycles. The number of fused-ring (bicyclic) bond motifs is 5. The Balaban J connectivity index is 1.42. The molecule has 0 radical (unpaired) electrons. The molecule has 4 aliphatic rings. The minimum atomic E-state index is -0.126. The van der Waals surface area contributed by atoms with Gasteiger partial charge in [-0.1, -0.05) is 27.7 Å². The standard InChI is InChI=1S/C30H54N2O2/c1-5-23(33)9-8-20(2)24-10-11-25-28-26(13-15-30(24,25)4)29(3)14-12-22(32-17-7-6-16-31)18-21(29)19-27(28)34/h20-22,24-28,32,34H,5-19,31H2,1-4H3/t20-,21-,22-,24-,25?,26?,27-,28?,29+,30-/m1/s1. The van der Waals surface area contributed by atoms with Crippen molar-refractivity contribution < 1.29 is 9.90 Å². The maximum absolute atomic E-state index is 12.0. The van der Waals surface area contributed by atoms with E-state index in [1.54, 1.807) is 0 Å². The normalized spacial score (nSPS) is 44.7. The molecule has 0 aliphatic heterocycles. The minimum absolute atomic E-state index is 0.126. The van der Waals surface area contributed by atoms with E-state index in [1.807, 2.05) is 6.92 Å². The average Bonchev–Trinajstić information content (AvgIpc) is 3.18. The molecule has 4 aliphatic carbocycles. The molecule has 0 aromatic carbocycles. The molecule has 4 fully saturated rings. The number of nitrogens with one attached hydrogen (secondary N) is 1. The summed E-state index contributed by atoms with van der Waals surface area (Å²) in [6.07, 6.45) is 14.7. The third-order valence-corrected chi connectivity index (χ3v) is 11.8. The van der Waals surface area contributed by atoms with Crippen molar-refractivity contribution in [3.05, 3.63) is 0 Å². The molecule has 4 heteroatoms. The average molecular weight is 475 g/mol. The van der Waals surface area contributed by atoms with Crippen LogP contribution in [0.15, 0.2) is 0 Å². The topological polar surface area (TPSA) is 75.4 Å². The molecule has 3 unspecified atom stereocenters. The van der Waals surface area contributed by atoms with Crippen LogP contribution >= 0.6 is 0 Å². The molecule has 0 spiro atoms. The Hall–Kier alpha value is -0.450. The van der Waals surface area contributed by atoms with Crippen molar-refractivity contribution in [1.29, 1.82) is 0 Å². The molecule has 10 atom stereocenters. The van der Waals surface area contributed by atoms with E-state index in [0.29, 0.717) is 64.6 Å². The maximum atomic E-state index is 12.0. The van der Waals surface area contributed by atoms with Crippen LogP contribution < -0.4 is 11.1 Å². The van der Waals surface area contributed by atoms with Gasteiger partial charge in [0.05, 0.1) is 6.10 Å². The molecular formula is C30H54N2O2. The van der Waals surface area contributed by atoms with Gasteiger partial charge in [-0.15, -0.1) is 0 Å². The van der Waals surface area contributed by atoms with Crippen molar-refractivity contribution in [3.63, 3.8) is 0 Å². The summed E-state index contributed by atoms with van der Waals surface area (Å²) in [5.41, 5.74) is 6.41. The van der Waals surface area contributed by atoms with E-state index in [1.165, 1.54) is 51.4 Å². The van der Waals surface area contributed by atoms with Crippen LogP contribution in [0.4, 0.5) is 0 Å². The summed E-state index contributed by atoms with van der Waals surface area (Å²) < 4.78 is 0. The Morgan fingerprint density at radius 2 is 1.79 bits per heavy atom. The number of aliphatic hydroxyl groups excluding tert-OH is 1. The van der Waals surface area contributed by atoms with Crippen molar-refractivity contribution in [3.8, 4) is 0 Å². The van der Waals surface area contributed by atoms with E-state index in [2.05, 4.69) is 26.1 Å². The lowest BCUT2D eigenvalue weighted by molar-refractivity contribution is -0.167. The van der Waals surface area contributed by atoms with Crippen molar-refractivity contribution >= 4 is 5.78 Å². The zero-order valence-electron chi connectivity index (χ0n) is 22.7. The van der Waals surface area contributed by atoms with Gasteiger partial charge in [-0.2, -0.15) is 0 Å². The summed E-state index contributed by atoms with van der Waals surface area (Å²) in [6, 6.07) is 0.621. The highest BCUT2D eigenvalue weighted by molar-refractivity contribution is 5.77. The fourth-order valence-corrected chi connectivity index (χ4v) is 9.73. The molecule has 34 heavy (non-hydrogen) atoms. The highest BCUT2D eigenvalue weighted by Gasteiger charge is 2.62. The Bertz CT molecular complexity index is 697. The van der Waals surface area contributed by atoms with Gasteiger partial charge < -0.3 is 16.2 Å². The lowest BCUT2D eigenvalue weighted by Crippen LogP contribution is -2.59. The van der Waals surface area contributed by atoms with Crippen molar-refractivity contribution in [2.24, 2.45) is 52.1 Å². The first-order valence-corrected chi connectivity index (χ1v) is 14.9. The number of carbonyl (C=O) groups excluding carboxylic acids is 1. The Morgan fingerprint density at radius 1 is 1.06 bits per heavy atom. The largest absolute Gasteiger partial charge is 0.393 e. The van der Waals surface area contributed by atoms with Gasteiger partial charge in [0.2, 0.25) is 0 Å². The Labute approximate surface area is 209 Å². The fourth-order valence-electron chi connectivity index (χ4n) is 9.73. The quantitative estimate of drug-likeness (QED) is 0.355. The third-order valence-electron chi connectivity index (χ3n) is 11.8. The third kappa shape index (κ3) is 4.90. The van der Waals surface area contributed by atoms with Crippen LogP contribution in [0.1, 0.15) is 111 Å². The van der Waals surface area contributed by atoms with E-state index in [9.17, 15) is 9.90 Å². The van der Waals surface area contributed by atoms with E-state index in [0.717, 1.165) is 38.8 Å². The van der Waals surface area contributed by atoms with Gasteiger partial charge in [0.1, 0.15) is 5.78 Å². The summed E-state index contributed by atoms with van der Waals surface area (Å²) in [4.78, 5) is 12.0. The highest BCUT2D eigenvalue weighted by Crippen LogP contribution is 2.68. The lowest BCUT2D eigenvalue weighted by Gasteiger charge is -2.62. The van der Waals surface area contributed by atoms with E-state index < -0.39 is 0 Å². The fraction of sp³-hybridized carbons (Fsp3) is 0.967. The van der Waals surface area contributed by atoms with E-state index >= 15 is 0 Å². The van der Waals surface area contributed by atoms with E-state index in [4.69, 9.17) is 5.73 Å². The second-order valence-corrected chi connectivity index (χ2v) is 13.4. The molecular weight excluding hydrogens is 420 g/mol. The minimum Gasteiger partial charge on any atom is -0.393 e. The van der Waals surface area contributed by atoms with Gasteiger partial charge in [0, 0.05) is 18.9 Å². The van der Waals surface area contributed by atoms with Crippen molar-refractivity contribution in [2.45, 2.75) is 123 Å². The van der Waals surface area contributed by atoms with E-state index in [-0.39, 0.29) is 6.10 Å². The number of Topliss-reactive ketones (excluding diaryl/α,β-unsaturated/α-hetero) is 1. The van der Waals surface area contributed by atoms with Crippen molar-refractivity contribution in [2.75, 3.05) is 13.1 Å². The molecule has 0 saturated heterocycles. The zero-order chi connectivity index (χ0) is 24.5. The van der Waals surface area contributed by atoms with Crippen molar-refractivity contribution in [1.82, 2.24) is 5.32 Å². The summed E-state index contributed by atoms with van der Waals surface area (Å²) in [7, 11) is 0. The van der Waals surface area contributed by atoms with Gasteiger partial charge >= 0.3 is 0 Å². The highest BCUT2D eigenvalue weighted by atomic mass is 16.3. The molecule has 4 saturated carbocycles. The monoisotopic (exact) mass is 474 g/mol. The smallest absolute Gasteiger partial charge is 0.132 e. The predicted molar refractivity (Wildman–Crippen MR) is 140 cm³/mol. The van der Waals surface area contributed by atoms with Crippen LogP contribution in [0, 0.1) is 46.3 Å². The first-order chi connectivity index (χ1) is 16.2. The summed E-state index contributed by atoms with van der Waals surface area (Å²) in [5.74, 6) is 4.25. The number of hydrogen-bond acceptors (Lipinski definition) is 4. The zero-order valence-corrected chi connectivity index (χ0v) is 22.7. The number of aliphatic hydroxyl groups is 1. The molecule has 0 aromatic rings. The molecule has 196 valence electrons. The predicted octanol–water partition coefficient (Wildman–Crippen LogP) is 5.71. The van der Waals surface area contributed by atoms with Gasteiger partial charge in [0.25, 0.3) is 0 Å². The number of rotatable bonds is 10. The van der Waals surface area contributed by atoms with Gasteiger partial charge in [-0.25, -0.2) is 0 Å². The first-order valence-electron chi connectivity index (χ1n) is 14.9. The Kier molecular flexibility index (Phi) is 8.52. The molecule has 0 amide bonds. The first kappa shape index (κ1) is 26.6. The van der Waals surface area contributed by atoms with Gasteiger partial charge in [0.15, 0.2) is 0 Å². The molecule has 4 rings (SSSR count). The summed E-state index contributed by atoms with van der Waals surface area (Å²) in [5, 5.41) is 15.4. The second kappa shape index (κ2) is 10.9.